The van der Waals surface area contributed by atoms with Gasteiger partial charge in [-0.15, -0.1) is 6.58 Å². The molecule has 0 bridgehead atoms. The van der Waals surface area contributed by atoms with Gasteiger partial charge in [0.05, 0.1) is 5.60 Å². The summed E-state index contributed by atoms with van der Waals surface area (Å²) in [6, 6.07) is 0. The fourth-order valence-electron chi connectivity index (χ4n) is 1.70. The summed E-state index contributed by atoms with van der Waals surface area (Å²) >= 11 is 0. The number of allylic oxidation sites excluding steroid dienone is 1. The van der Waals surface area contributed by atoms with Crippen molar-refractivity contribution in [2.75, 3.05) is 0 Å². The molecule has 0 radical (unpaired) electrons. The molecule has 1 fully saturated rings. The first-order chi connectivity index (χ1) is 5.97. The normalized spacial score (nSPS) is 25.5. The van der Waals surface area contributed by atoms with Gasteiger partial charge in [0, 0.05) is 12.8 Å². The average Bonchev–Trinajstić information content (AvgIpc) is 2.08. The molecule has 0 amide bonds. The Bertz CT molecular complexity index is 179. The second kappa shape index (κ2) is 3.74. The zero-order valence-electron chi connectivity index (χ0n) is 7.73. The van der Waals surface area contributed by atoms with Crippen molar-refractivity contribution < 1.29 is 13.9 Å². The topological polar surface area (TPSA) is 20.2 Å². The predicted octanol–water partition coefficient (Wildman–Crippen LogP) is 2.89. The lowest BCUT2D eigenvalue weighted by Gasteiger charge is -2.35. The number of aliphatic hydroxyl groups is 1. The lowest BCUT2D eigenvalue weighted by molar-refractivity contribution is -0.105. The zero-order valence-corrected chi connectivity index (χ0v) is 7.73. The molecule has 1 nitrogen and oxygen atoms in total. The Hall–Kier alpha value is -0.440. The van der Waals surface area contributed by atoms with E-state index in [0.717, 1.165) is 0 Å². The lowest BCUT2D eigenvalue weighted by Crippen LogP contribution is -2.38. The number of rotatable bonds is 3. The SMILES string of the molecule is C=CCCC1(O)CCC(F)(F)CC1. The summed E-state index contributed by atoms with van der Waals surface area (Å²) in [6.45, 7) is 3.55. The molecule has 0 heterocycles. The second-order valence-corrected chi connectivity index (χ2v) is 3.91. The summed E-state index contributed by atoms with van der Waals surface area (Å²) in [4.78, 5) is 0. The van der Waals surface area contributed by atoms with Crippen LogP contribution >= 0.6 is 0 Å². The molecule has 3 heteroatoms. The third kappa shape index (κ3) is 3.07. The van der Waals surface area contributed by atoms with Crippen LogP contribution in [-0.2, 0) is 0 Å². The third-order valence-electron chi connectivity index (χ3n) is 2.73. The van der Waals surface area contributed by atoms with E-state index >= 15 is 0 Å². The smallest absolute Gasteiger partial charge is 0.248 e. The second-order valence-electron chi connectivity index (χ2n) is 3.91. The van der Waals surface area contributed by atoms with Crippen LogP contribution in [0.3, 0.4) is 0 Å². The van der Waals surface area contributed by atoms with E-state index in [1.807, 2.05) is 0 Å². The molecule has 76 valence electrons. The van der Waals surface area contributed by atoms with Gasteiger partial charge in [0.1, 0.15) is 0 Å². The lowest BCUT2D eigenvalue weighted by atomic mass is 9.80. The van der Waals surface area contributed by atoms with Gasteiger partial charge in [-0.2, -0.15) is 0 Å². The minimum Gasteiger partial charge on any atom is -0.390 e. The van der Waals surface area contributed by atoms with Crippen molar-refractivity contribution in [1.29, 1.82) is 0 Å². The maximum atomic E-state index is 12.7. The van der Waals surface area contributed by atoms with Gasteiger partial charge >= 0.3 is 0 Å². The first kappa shape index (κ1) is 10.6. The van der Waals surface area contributed by atoms with Crippen molar-refractivity contribution in [3.63, 3.8) is 0 Å². The average molecular weight is 190 g/mol. The third-order valence-corrected chi connectivity index (χ3v) is 2.73. The van der Waals surface area contributed by atoms with E-state index < -0.39 is 11.5 Å². The fraction of sp³-hybridized carbons (Fsp3) is 0.800. The van der Waals surface area contributed by atoms with Gasteiger partial charge in [-0.1, -0.05) is 6.08 Å². The van der Waals surface area contributed by atoms with Gasteiger partial charge in [0.25, 0.3) is 0 Å². The highest BCUT2D eigenvalue weighted by molar-refractivity contribution is 4.90. The van der Waals surface area contributed by atoms with Gasteiger partial charge < -0.3 is 5.11 Å². The number of halogens is 2. The molecule has 0 aromatic carbocycles. The highest BCUT2D eigenvalue weighted by Gasteiger charge is 2.41. The summed E-state index contributed by atoms with van der Waals surface area (Å²) in [6.07, 6.45) is 3.04. The standard InChI is InChI=1S/C10H16F2O/c1-2-3-4-9(13)5-7-10(11,12)8-6-9/h2,13H,1,3-8H2. The van der Waals surface area contributed by atoms with Gasteiger partial charge in [0.15, 0.2) is 0 Å². The molecule has 1 saturated carbocycles. The minimum absolute atomic E-state index is 0.180. The summed E-state index contributed by atoms with van der Waals surface area (Å²) in [5.41, 5.74) is -0.865. The molecular formula is C10H16F2O. The molecule has 0 aromatic heterocycles. The zero-order chi connectivity index (χ0) is 9.95. The molecule has 0 aliphatic heterocycles. The Labute approximate surface area is 77.5 Å². The van der Waals surface area contributed by atoms with E-state index in [4.69, 9.17) is 0 Å². The highest BCUT2D eigenvalue weighted by Crippen LogP contribution is 2.40. The van der Waals surface area contributed by atoms with Gasteiger partial charge in [-0.3, -0.25) is 0 Å². The highest BCUT2D eigenvalue weighted by atomic mass is 19.3. The molecule has 1 aliphatic carbocycles. The maximum Gasteiger partial charge on any atom is 0.248 e. The Morgan fingerprint density at radius 3 is 2.23 bits per heavy atom. The van der Waals surface area contributed by atoms with E-state index in [2.05, 4.69) is 6.58 Å². The quantitative estimate of drug-likeness (QED) is 0.678. The van der Waals surface area contributed by atoms with E-state index in [-0.39, 0.29) is 25.7 Å². The van der Waals surface area contributed by atoms with Crippen LogP contribution in [0.5, 0.6) is 0 Å². The number of hydrogen-bond acceptors (Lipinski definition) is 1. The maximum absolute atomic E-state index is 12.7. The first-order valence-electron chi connectivity index (χ1n) is 4.69. The predicted molar refractivity (Wildman–Crippen MR) is 47.8 cm³/mol. The van der Waals surface area contributed by atoms with Gasteiger partial charge in [0.2, 0.25) is 5.92 Å². The molecule has 0 spiro atoms. The van der Waals surface area contributed by atoms with Crippen molar-refractivity contribution in [1.82, 2.24) is 0 Å². The summed E-state index contributed by atoms with van der Waals surface area (Å²) in [7, 11) is 0. The number of alkyl halides is 2. The molecular weight excluding hydrogens is 174 g/mol. The molecule has 13 heavy (non-hydrogen) atoms. The fourth-order valence-corrected chi connectivity index (χ4v) is 1.70. The van der Waals surface area contributed by atoms with E-state index in [1.54, 1.807) is 6.08 Å². The van der Waals surface area contributed by atoms with E-state index in [0.29, 0.717) is 12.8 Å². The van der Waals surface area contributed by atoms with Gasteiger partial charge in [-0.25, -0.2) is 8.78 Å². The van der Waals surface area contributed by atoms with Crippen LogP contribution in [0.15, 0.2) is 12.7 Å². The summed E-state index contributed by atoms with van der Waals surface area (Å²) < 4.78 is 25.5. The van der Waals surface area contributed by atoms with Crippen molar-refractivity contribution in [3.8, 4) is 0 Å². The van der Waals surface area contributed by atoms with Gasteiger partial charge in [-0.05, 0) is 25.7 Å². The Kier molecular flexibility index (Phi) is 3.06. The van der Waals surface area contributed by atoms with Crippen molar-refractivity contribution >= 4 is 0 Å². The van der Waals surface area contributed by atoms with Crippen LogP contribution in [0.25, 0.3) is 0 Å². The summed E-state index contributed by atoms with van der Waals surface area (Å²) in [5, 5.41) is 9.85. The van der Waals surface area contributed by atoms with Crippen LogP contribution in [0, 0.1) is 0 Å². The molecule has 0 atom stereocenters. The van der Waals surface area contributed by atoms with Crippen LogP contribution in [-0.4, -0.2) is 16.6 Å². The van der Waals surface area contributed by atoms with Crippen LogP contribution in [0.2, 0.25) is 0 Å². The first-order valence-corrected chi connectivity index (χ1v) is 4.69. The molecule has 1 N–H and O–H groups in total. The van der Waals surface area contributed by atoms with Crippen molar-refractivity contribution in [2.24, 2.45) is 0 Å². The Morgan fingerprint density at radius 2 is 1.77 bits per heavy atom. The van der Waals surface area contributed by atoms with Crippen LogP contribution < -0.4 is 0 Å². The Balaban J connectivity index is 2.41. The largest absolute Gasteiger partial charge is 0.390 e. The molecule has 0 unspecified atom stereocenters. The molecule has 1 aliphatic rings. The minimum atomic E-state index is -2.56. The van der Waals surface area contributed by atoms with Crippen LogP contribution in [0.1, 0.15) is 38.5 Å². The van der Waals surface area contributed by atoms with Crippen LogP contribution in [0.4, 0.5) is 8.78 Å². The van der Waals surface area contributed by atoms with Crippen molar-refractivity contribution in [3.05, 3.63) is 12.7 Å². The molecule has 0 saturated heterocycles. The molecule has 1 rings (SSSR count). The summed E-state index contributed by atoms with van der Waals surface area (Å²) in [5.74, 6) is -2.56. The number of hydrogen-bond donors (Lipinski definition) is 1. The Morgan fingerprint density at radius 1 is 1.23 bits per heavy atom. The monoisotopic (exact) mass is 190 g/mol. The van der Waals surface area contributed by atoms with Crippen molar-refractivity contribution in [2.45, 2.75) is 50.0 Å². The molecule has 0 aromatic rings. The van der Waals surface area contributed by atoms with E-state index in [9.17, 15) is 13.9 Å². The van der Waals surface area contributed by atoms with E-state index in [1.165, 1.54) is 0 Å².